The van der Waals surface area contributed by atoms with Crippen LogP contribution in [0.5, 0.6) is 0 Å². The lowest BCUT2D eigenvalue weighted by atomic mass is 10.1. The molecule has 7 nitrogen and oxygen atoms in total. The topological polar surface area (TPSA) is 104 Å². The smallest absolute Gasteiger partial charge is 0.265 e. The zero-order chi connectivity index (χ0) is 13.7. The van der Waals surface area contributed by atoms with E-state index in [0.717, 1.165) is 16.8 Å². The molecule has 7 heteroatoms. The Kier molecular flexibility index (Phi) is 4.85. The van der Waals surface area contributed by atoms with E-state index in [2.05, 4.69) is 10.4 Å². The predicted octanol–water partition coefficient (Wildman–Crippen LogP) is -1.33. The first-order valence-corrected chi connectivity index (χ1v) is 5.64. The summed E-state index contributed by atoms with van der Waals surface area (Å²) in [6, 6.07) is 1.82. The summed E-state index contributed by atoms with van der Waals surface area (Å²) in [5.41, 5.74) is -0.917. The first-order valence-electron chi connectivity index (χ1n) is 5.64. The molecule has 18 heavy (non-hydrogen) atoms. The number of H-pyrrole nitrogens is 1. The van der Waals surface area contributed by atoms with Crippen LogP contribution in [-0.4, -0.2) is 33.4 Å². The maximum atomic E-state index is 11.6. The number of carbonyl (C=O) groups excluding carboxylic acids is 1. The minimum absolute atomic E-state index is 0.0745. The van der Waals surface area contributed by atoms with E-state index in [0.29, 0.717) is 0 Å². The first-order chi connectivity index (χ1) is 8.43. The van der Waals surface area contributed by atoms with Crippen LogP contribution in [0.15, 0.2) is 21.7 Å². The van der Waals surface area contributed by atoms with Crippen molar-refractivity contribution in [2.75, 3.05) is 6.61 Å². The van der Waals surface area contributed by atoms with Crippen molar-refractivity contribution in [1.29, 1.82) is 0 Å². The van der Waals surface area contributed by atoms with Gasteiger partial charge in [-0.15, -0.1) is 0 Å². The van der Waals surface area contributed by atoms with Crippen LogP contribution in [0, 0.1) is 5.92 Å². The molecule has 0 radical (unpaired) electrons. The van der Waals surface area contributed by atoms with Gasteiger partial charge in [0.2, 0.25) is 5.91 Å². The third kappa shape index (κ3) is 3.85. The molecule has 1 aromatic heterocycles. The second kappa shape index (κ2) is 6.15. The highest BCUT2D eigenvalue weighted by Crippen LogP contribution is 1.99. The first kappa shape index (κ1) is 14.2. The van der Waals surface area contributed by atoms with Crippen LogP contribution < -0.4 is 16.4 Å². The summed E-state index contributed by atoms with van der Waals surface area (Å²) in [6.45, 7) is 3.26. The number of carbonyl (C=O) groups is 1. The Morgan fingerprint density at radius 3 is 2.67 bits per heavy atom. The largest absolute Gasteiger partial charge is 0.394 e. The van der Waals surface area contributed by atoms with Gasteiger partial charge in [-0.25, -0.2) is 4.68 Å². The highest BCUT2D eigenvalue weighted by atomic mass is 16.3. The number of aliphatic hydroxyl groups excluding tert-OH is 1. The highest BCUT2D eigenvalue weighted by molar-refractivity contribution is 5.75. The lowest BCUT2D eigenvalue weighted by molar-refractivity contribution is -0.123. The van der Waals surface area contributed by atoms with Gasteiger partial charge < -0.3 is 10.4 Å². The van der Waals surface area contributed by atoms with Crippen LogP contribution in [0.1, 0.15) is 13.8 Å². The fourth-order valence-electron chi connectivity index (χ4n) is 1.40. The fourth-order valence-corrected chi connectivity index (χ4v) is 1.40. The normalized spacial score (nSPS) is 12.4. The molecule has 0 fully saturated rings. The molecular formula is C11H17N3O4. The van der Waals surface area contributed by atoms with Gasteiger partial charge in [-0.1, -0.05) is 13.8 Å². The van der Waals surface area contributed by atoms with Gasteiger partial charge in [0.05, 0.1) is 12.6 Å². The van der Waals surface area contributed by atoms with Crippen molar-refractivity contribution in [2.45, 2.75) is 26.4 Å². The van der Waals surface area contributed by atoms with Gasteiger partial charge in [0.25, 0.3) is 11.1 Å². The summed E-state index contributed by atoms with van der Waals surface area (Å²) < 4.78 is 0.923. The van der Waals surface area contributed by atoms with E-state index in [1.54, 1.807) is 0 Å². The molecule has 0 spiro atoms. The number of hydrogen-bond donors (Lipinski definition) is 3. The number of amides is 1. The van der Waals surface area contributed by atoms with Gasteiger partial charge in [-0.3, -0.25) is 19.5 Å². The van der Waals surface area contributed by atoms with Gasteiger partial charge in [-0.2, -0.15) is 0 Å². The Bertz CT molecular complexity index is 518. The van der Waals surface area contributed by atoms with Crippen LogP contribution in [0.25, 0.3) is 0 Å². The molecule has 1 amide bonds. The van der Waals surface area contributed by atoms with E-state index < -0.39 is 17.0 Å². The molecule has 1 rings (SSSR count). The average molecular weight is 255 g/mol. The highest BCUT2D eigenvalue weighted by Gasteiger charge is 2.15. The molecule has 0 aliphatic carbocycles. The van der Waals surface area contributed by atoms with Crippen LogP contribution >= 0.6 is 0 Å². The summed E-state index contributed by atoms with van der Waals surface area (Å²) in [7, 11) is 0. The van der Waals surface area contributed by atoms with Crippen molar-refractivity contribution in [3.05, 3.63) is 32.8 Å². The summed E-state index contributed by atoms with van der Waals surface area (Å²) in [6.07, 6.45) is 0. The Morgan fingerprint density at radius 1 is 1.44 bits per heavy atom. The van der Waals surface area contributed by atoms with Gasteiger partial charge >= 0.3 is 0 Å². The number of aliphatic hydroxyl groups is 1. The number of aromatic amines is 1. The van der Waals surface area contributed by atoms with Crippen molar-refractivity contribution >= 4 is 5.91 Å². The van der Waals surface area contributed by atoms with Crippen molar-refractivity contribution in [3.63, 3.8) is 0 Å². The van der Waals surface area contributed by atoms with Crippen molar-refractivity contribution < 1.29 is 9.90 Å². The van der Waals surface area contributed by atoms with Crippen molar-refractivity contribution in [3.8, 4) is 0 Å². The van der Waals surface area contributed by atoms with E-state index in [4.69, 9.17) is 5.11 Å². The van der Waals surface area contributed by atoms with E-state index in [-0.39, 0.29) is 25.1 Å². The molecule has 1 heterocycles. The zero-order valence-electron chi connectivity index (χ0n) is 10.3. The second-order valence-electron chi connectivity index (χ2n) is 4.33. The van der Waals surface area contributed by atoms with Gasteiger partial charge in [0.15, 0.2) is 0 Å². The maximum Gasteiger partial charge on any atom is 0.265 e. The Hall–Kier alpha value is -1.89. The molecule has 1 aromatic rings. The Labute approximate surface area is 103 Å². The zero-order valence-corrected chi connectivity index (χ0v) is 10.3. The Morgan fingerprint density at radius 2 is 2.11 bits per heavy atom. The third-order valence-corrected chi connectivity index (χ3v) is 2.54. The summed E-state index contributed by atoms with van der Waals surface area (Å²) >= 11 is 0. The van der Waals surface area contributed by atoms with E-state index in [9.17, 15) is 14.4 Å². The number of nitrogens with zero attached hydrogens (tertiary/aromatic N) is 1. The van der Waals surface area contributed by atoms with E-state index in [1.165, 1.54) is 0 Å². The molecule has 1 unspecified atom stereocenters. The van der Waals surface area contributed by atoms with Gasteiger partial charge in [0.1, 0.15) is 6.54 Å². The number of rotatable bonds is 5. The van der Waals surface area contributed by atoms with Crippen LogP contribution in [0.3, 0.4) is 0 Å². The van der Waals surface area contributed by atoms with Crippen LogP contribution in [0.2, 0.25) is 0 Å². The lowest BCUT2D eigenvalue weighted by Crippen LogP contribution is -2.44. The fraction of sp³-hybridized carbons (Fsp3) is 0.545. The minimum atomic E-state index is -0.463. The summed E-state index contributed by atoms with van der Waals surface area (Å²) in [5.74, 6) is -0.364. The van der Waals surface area contributed by atoms with Crippen molar-refractivity contribution in [2.24, 2.45) is 5.92 Å². The molecule has 0 aliphatic rings. The van der Waals surface area contributed by atoms with E-state index >= 15 is 0 Å². The molecule has 0 aromatic carbocycles. The maximum absolute atomic E-state index is 11.6. The molecule has 0 saturated heterocycles. The third-order valence-electron chi connectivity index (χ3n) is 2.54. The predicted molar refractivity (Wildman–Crippen MR) is 65.2 cm³/mol. The van der Waals surface area contributed by atoms with Crippen LogP contribution in [0.4, 0.5) is 0 Å². The lowest BCUT2D eigenvalue weighted by Gasteiger charge is -2.19. The quantitative estimate of drug-likeness (QED) is 0.606. The number of nitrogens with one attached hydrogen (secondary N) is 2. The monoisotopic (exact) mass is 255 g/mol. The minimum Gasteiger partial charge on any atom is -0.394 e. The second-order valence-corrected chi connectivity index (χ2v) is 4.33. The van der Waals surface area contributed by atoms with Crippen LogP contribution in [-0.2, 0) is 11.3 Å². The summed E-state index contributed by atoms with van der Waals surface area (Å²) in [4.78, 5) is 34.0. The molecule has 3 N–H and O–H groups in total. The molecular weight excluding hydrogens is 238 g/mol. The molecule has 0 saturated carbocycles. The molecule has 100 valence electrons. The van der Waals surface area contributed by atoms with Gasteiger partial charge in [0, 0.05) is 12.1 Å². The summed E-state index contributed by atoms with van der Waals surface area (Å²) in [5, 5.41) is 13.9. The Balaban J connectivity index is 2.73. The van der Waals surface area contributed by atoms with Crippen molar-refractivity contribution in [1.82, 2.24) is 15.1 Å². The van der Waals surface area contributed by atoms with Gasteiger partial charge in [-0.05, 0) is 5.92 Å². The SMILES string of the molecule is CC(C)C(CO)NC(=O)Cn1[nH]c(=O)ccc1=O. The molecule has 0 aliphatic heterocycles. The number of hydrogen-bond acceptors (Lipinski definition) is 4. The number of aromatic nitrogens is 2. The molecule has 0 bridgehead atoms. The molecule has 1 atom stereocenters. The average Bonchev–Trinajstić information content (AvgIpc) is 2.30. The van der Waals surface area contributed by atoms with E-state index in [1.807, 2.05) is 13.8 Å². The standard InChI is InChI=1S/C11H17N3O4/c1-7(2)8(6-15)12-10(17)5-14-11(18)4-3-9(16)13-14/h3-4,7-8,15H,5-6H2,1-2H3,(H,12,17)(H,13,16).